The summed E-state index contributed by atoms with van der Waals surface area (Å²) >= 11 is 0. The van der Waals surface area contributed by atoms with Crippen LogP contribution in [-0.2, 0) is 0 Å². The standard InChI is InChI=1S/C63H39N5O/c1-4-14-41(15-5-1)61-64-62(42-16-6-2-7-17-42)66-63(65-61)46-26-32-51-54-38-43(29-35-59(54)69-60(51)39-46)40-24-30-48(31-25-40)68-56-23-13-11-21-50(56)53-37-45(28-34-58(53)68)44-27-33-57-52(36-44)49-20-10-12-22-55(49)67(57)47-18-8-3-9-19-47/h1-39H. The summed E-state index contributed by atoms with van der Waals surface area (Å²) < 4.78 is 11.3. The van der Waals surface area contributed by atoms with Crippen LogP contribution in [-0.4, -0.2) is 24.1 Å². The molecule has 6 nitrogen and oxygen atoms in total. The molecule has 4 aromatic heterocycles. The zero-order valence-corrected chi connectivity index (χ0v) is 37.2. The molecule has 0 aliphatic rings. The Kier molecular flexibility index (Phi) is 8.79. The van der Waals surface area contributed by atoms with Crippen molar-refractivity contribution in [2.24, 2.45) is 0 Å². The molecule has 0 N–H and O–H groups in total. The van der Waals surface area contributed by atoms with E-state index in [9.17, 15) is 0 Å². The molecular weight excluding hydrogens is 843 g/mol. The number of aromatic nitrogens is 5. The van der Waals surface area contributed by atoms with Gasteiger partial charge >= 0.3 is 0 Å². The summed E-state index contributed by atoms with van der Waals surface area (Å²) in [6.45, 7) is 0. The number of hydrogen-bond acceptors (Lipinski definition) is 4. The number of hydrogen-bond donors (Lipinski definition) is 0. The monoisotopic (exact) mass is 881 g/mol. The van der Waals surface area contributed by atoms with Crippen molar-refractivity contribution in [1.29, 1.82) is 0 Å². The molecule has 4 heterocycles. The van der Waals surface area contributed by atoms with Crippen molar-refractivity contribution in [3.63, 3.8) is 0 Å². The maximum absolute atomic E-state index is 6.50. The van der Waals surface area contributed by atoms with E-state index in [1.807, 2.05) is 66.7 Å². The van der Waals surface area contributed by atoms with Gasteiger partial charge in [0.2, 0.25) is 0 Å². The average molecular weight is 882 g/mol. The second kappa shape index (κ2) is 15.6. The van der Waals surface area contributed by atoms with Gasteiger partial charge in [0.05, 0.1) is 22.1 Å². The van der Waals surface area contributed by atoms with Crippen molar-refractivity contribution in [2.45, 2.75) is 0 Å². The fourth-order valence-electron chi connectivity index (χ4n) is 10.3. The lowest BCUT2D eigenvalue weighted by Gasteiger charge is -2.10. The molecule has 0 fully saturated rings. The van der Waals surface area contributed by atoms with Crippen LogP contribution in [0.15, 0.2) is 241 Å². The van der Waals surface area contributed by atoms with Crippen LogP contribution in [0.5, 0.6) is 0 Å². The van der Waals surface area contributed by atoms with Crippen LogP contribution in [0.25, 0.3) is 133 Å². The van der Waals surface area contributed by atoms with Crippen molar-refractivity contribution in [2.75, 3.05) is 0 Å². The van der Waals surface area contributed by atoms with Crippen LogP contribution >= 0.6 is 0 Å². The third-order valence-corrected chi connectivity index (χ3v) is 13.6. The number of para-hydroxylation sites is 3. The number of furan rings is 1. The maximum atomic E-state index is 6.50. The third kappa shape index (κ3) is 6.45. The van der Waals surface area contributed by atoms with E-state index in [0.29, 0.717) is 17.5 Å². The van der Waals surface area contributed by atoms with Gasteiger partial charge in [-0.25, -0.2) is 15.0 Å². The highest BCUT2D eigenvalue weighted by Gasteiger charge is 2.18. The van der Waals surface area contributed by atoms with E-state index in [1.54, 1.807) is 0 Å². The summed E-state index contributed by atoms with van der Waals surface area (Å²) in [4.78, 5) is 14.8. The molecule has 0 bridgehead atoms. The molecule has 322 valence electrons. The van der Waals surface area contributed by atoms with Gasteiger partial charge in [0.25, 0.3) is 0 Å². The molecule has 0 spiro atoms. The van der Waals surface area contributed by atoms with Gasteiger partial charge in [0, 0.05) is 60.4 Å². The van der Waals surface area contributed by atoms with Gasteiger partial charge in [-0.05, 0) is 107 Å². The maximum Gasteiger partial charge on any atom is 0.164 e. The molecule has 0 aliphatic heterocycles. The number of rotatable bonds is 7. The lowest BCUT2D eigenvalue weighted by Crippen LogP contribution is -2.00. The van der Waals surface area contributed by atoms with Crippen molar-refractivity contribution >= 4 is 65.6 Å². The second-order valence-electron chi connectivity index (χ2n) is 17.6. The van der Waals surface area contributed by atoms with Crippen molar-refractivity contribution < 1.29 is 4.42 Å². The quantitative estimate of drug-likeness (QED) is 0.160. The molecule has 0 saturated carbocycles. The van der Waals surface area contributed by atoms with E-state index in [4.69, 9.17) is 19.4 Å². The largest absolute Gasteiger partial charge is 0.456 e. The van der Waals surface area contributed by atoms with Crippen molar-refractivity contribution in [1.82, 2.24) is 24.1 Å². The molecule has 14 rings (SSSR count). The van der Waals surface area contributed by atoms with Crippen LogP contribution in [0.2, 0.25) is 0 Å². The van der Waals surface area contributed by atoms with Crippen molar-refractivity contribution in [3.05, 3.63) is 237 Å². The first kappa shape index (κ1) is 38.8. The smallest absolute Gasteiger partial charge is 0.164 e. The van der Waals surface area contributed by atoms with E-state index in [2.05, 4.69) is 179 Å². The summed E-state index contributed by atoms with van der Waals surface area (Å²) in [5, 5.41) is 7.04. The van der Waals surface area contributed by atoms with Gasteiger partial charge in [-0.2, -0.15) is 0 Å². The minimum absolute atomic E-state index is 0.594. The van der Waals surface area contributed by atoms with Gasteiger partial charge in [0.1, 0.15) is 11.2 Å². The SMILES string of the molecule is c1ccc(-c2nc(-c3ccccc3)nc(-c3ccc4c(c3)oc3ccc(-c5ccc(-n6c7ccccc7c7cc(-c8ccc9c(c8)c8ccccc8n9-c8ccccc8)ccc76)cc5)cc34)n2)cc1. The lowest BCUT2D eigenvalue weighted by molar-refractivity contribution is 0.669. The number of benzene rings is 10. The first-order chi connectivity index (χ1) is 34.2. The minimum Gasteiger partial charge on any atom is -0.456 e. The molecule has 14 aromatic rings. The minimum atomic E-state index is 0.594. The van der Waals surface area contributed by atoms with E-state index in [-0.39, 0.29) is 0 Å². The normalized spacial score (nSPS) is 11.8. The fourth-order valence-corrected chi connectivity index (χ4v) is 10.3. The molecule has 0 unspecified atom stereocenters. The Morgan fingerprint density at radius 3 is 1.25 bits per heavy atom. The molecular formula is C63H39N5O. The highest BCUT2D eigenvalue weighted by Crippen LogP contribution is 2.40. The first-order valence-electron chi connectivity index (χ1n) is 23.3. The van der Waals surface area contributed by atoms with Crippen molar-refractivity contribution in [3.8, 4) is 67.8 Å². The summed E-state index contributed by atoms with van der Waals surface area (Å²) in [5.41, 5.74) is 16.0. The molecule has 0 amide bonds. The Labute approximate surface area is 396 Å². The highest BCUT2D eigenvalue weighted by atomic mass is 16.3. The van der Waals surface area contributed by atoms with E-state index < -0.39 is 0 Å². The molecule has 0 saturated heterocycles. The Balaban J connectivity index is 0.802. The second-order valence-corrected chi connectivity index (χ2v) is 17.6. The topological polar surface area (TPSA) is 61.7 Å². The summed E-state index contributed by atoms with van der Waals surface area (Å²) in [6, 6.07) is 83.6. The van der Waals surface area contributed by atoms with Gasteiger partial charge in [0.15, 0.2) is 17.5 Å². The van der Waals surface area contributed by atoms with E-state index >= 15 is 0 Å². The predicted molar refractivity (Wildman–Crippen MR) is 283 cm³/mol. The highest BCUT2D eigenvalue weighted by molar-refractivity contribution is 6.13. The summed E-state index contributed by atoms with van der Waals surface area (Å²) in [7, 11) is 0. The van der Waals surface area contributed by atoms with E-state index in [0.717, 1.165) is 61.1 Å². The van der Waals surface area contributed by atoms with Gasteiger partial charge in [-0.3, -0.25) is 0 Å². The summed E-state index contributed by atoms with van der Waals surface area (Å²) in [6.07, 6.45) is 0. The average Bonchev–Trinajstić information content (AvgIpc) is 4.08. The predicted octanol–water partition coefficient (Wildman–Crippen LogP) is 16.3. The molecule has 6 heteroatoms. The van der Waals surface area contributed by atoms with Gasteiger partial charge in [-0.1, -0.05) is 152 Å². The Morgan fingerprint density at radius 1 is 0.246 bits per heavy atom. The Hall–Kier alpha value is -9.39. The van der Waals surface area contributed by atoms with Crippen LogP contribution in [0.1, 0.15) is 0 Å². The molecule has 0 atom stereocenters. The molecule has 69 heavy (non-hydrogen) atoms. The molecule has 0 radical (unpaired) electrons. The number of nitrogens with zero attached hydrogens (tertiary/aromatic N) is 5. The van der Waals surface area contributed by atoms with Crippen LogP contribution < -0.4 is 0 Å². The van der Waals surface area contributed by atoms with Crippen LogP contribution in [0.3, 0.4) is 0 Å². The number of fused-ring (bicyclic) bond motifs is 9. The van der Waals surface area contributed by atoms with Crippen LogP contribution in [0, 0.1) is 0 Å². The Morgan fingerprint density at radius 2 is 0.667 bits per heavy atom. The van der Waals surface area contributed by atoms with E-state index in [1.165, 1.54) is 54.7 Å². The molecule has 0 aliphatic carbocycles. The zero-order valence-electron chi connectivity index (χ0n) is 37.2. The molecule has 10 aromatic carbocycles. The van der Waals surface area contributed by atoms with Crippen LogP contribution in [0.4, 0.5) is 0 Å². The third-order valence-electron chi connectivity index (χ3n) is 13.6. The Bertz CT molecular complexity index is 4230. The summed E-state index contributed by atoms with van der Waals surface area (Å²) in [5.74, 6) is 1.85. The first-order valence-corrected chi connectivity index (χ1v) is 23.3. The van der Waals surface area contributed by atoms with Gasteiger partial charge in [-0.15, -0.1) is 0 Å². The zero-order chi connectivity index (χ0) is 45.4. The lowest BCUT2D eigenvalue weighted by atomic mass is 10.0. The van der Waals surface area contributed by atoms with Gasteiger partial charge < -0.3 is 13.6 Å². The fraction of sp³-hybridized carbons (Fsp3) is 0.